The Balaban J connectivity index is 1.45. The Morgan fingerprint density at radius 2 is 1.84 bits per heavy atom. The average Bonchev–Trinajstić information content (AvgIpc) is 2.80. The number of carbonyl (C=O) groups is 2. The fraction of sp³-hybridized carbons (Fsp3) is 0.292. The molecule has 0 saturated carbocycles. The van der Waals surface area contributed by atoms with Crippen LogP contribution in [0.1, 0.15) is 24.2 Å². The van der Waals surface area contributed by atoms with Crippen LogP contribution in [0.3, 0.4) is 0 Å². The van der Waals surface area contributed by atoms with Crippen molar-refractivity contribution < 1.29 is 14.3 Å². The lowest BCUT2D eigenvalue weighted by Crippen LogP contribution is -2.57. The van der Waals surface area contributed by atoms with Gasteiger partial charge in [-0.1, -0.05) is 29.8 Å². The molecule has 2 heterocycles. The number of benzene rings is 2. The highest BCUT2D eigenvalue weighted by Crippen LogP contribution is 2.30. The van der Waals surface area contributed by atoms with E-state index in [0.29, 0.717) is 46.9 Å². The van der Waals surface area contributed by atoms with E-state index in [1.54, 1.807) is 47.1 Å². The lowest BCUT2D eigenvalue weighted by molar-refractivity contribution is -0.142. The lowest BCUT2D eigenvalue weighted by atomic mass is 10.1. The Morgan fingerprint density at radius 3 is 2.56 bits per heavy atom. The fourth-order valence-corrected chi connectivity index (χ4v) is 4.21. The standard InChI is InChI=1S/C24H24ClN3O4/c1-15-14-27(24(31)17-6-4-3-5-7-17)12-13-28(15)23(30)16(2)32-20-10-9-19(25)22-18(20)8-11-21(29)26-22/h3-11,15-16H,12-14H2,1-2H3,(H,26,29)/t15-,16+/m1/s1. The van der Waals surface area contributed by atoms with E-state index >= 15 is 0 Å². The number of fused-ring (bicyclic) bond motifs is 1. The minimum atomic E-state index is -0.745. The Bertz CT molecular complexity index is 1210. The molecule has 4 rings (SSSR count). The van der Waals surface area contributed by atoms with Crippen molar-refractivity contribution in [2.24, 2.45) is 0 Å². The summed E-state index contributed by atoms with van der Waals surface area (Å²) in [4.78, 5) is 43.7. The van der Waals surface area contributed by atoms with Gasteiger partial charge in [0, 0.05) is 42.7 Å². The summed E-state index contributed by atoms with van der Waals surface area (Å²) in [5.74, 6) is 0.277. The summed E-state index contributed by atoms with van der Waals surface area (Å²) in [5.41, 5.74) is 0.846. The van der Waals surface area contributed by atoms with Crippen LogP contribution in [-0.2, 0) is 4.79 Å². The second kappa shape index (κ2) is 9.04. The molecule has 2 atom stereocenters. The molecule has 0 spiro atoms. The highest BCUT2D eigenvalue weighted by Gasteiger charge is 2.33. The van der Waals surface area contributed by atoms with Crippen molar-refractivity contribution in [2.75, 3.05) is 19.6 Å². The van der Waals surface area contributed by atoms with Crippen LogP contribution in [0.15, 0.2) is 59.4 Å². The molecule has 1 aliphatic heterocycles. The number of pyridine rings is 1. The smallest absolute Gasteiger partial charge is 0.263 e. The van der Waals surface area contributed by atoms with Crippen LogP contribution in [0.4, 0.5) is 0 Å². The van der Waals surface area contributed by atoms with E-state index in [1.807, 2.05) is 25.1 Å². The van der Waals surface area contributed by atoms with Gasteiger partial charge in [-0.3, -0.25) is 14.4 Å². The Morgan fingerprint density at radius 1 is 1.09 bits per heavy atom. The van der Waals surface area contributed by atoms with Crippen molar-refractivity contribution >= 4 is 34.3 Å². The number of nitrogens with one attached hydrogen (secondary N) is 1. The summed E-state index contributed by atoms with van der Waals surface area (Å²) in [6.07, 6.45) is -0.745. The molecule has 8 heteroatoms. The van der Waals surface area contributed by atoms with Crippen LogP contribution in [0.25, 0.3) is 10.9 Å². The van der Waals surface area contributed by atoms with Crippen LogP contribution >= 0.6 is 11.6 Å². The largest absolute Gasteiger partial charge is 0.480 e. The van der Waals surface area contributed by atoms with Crippen molar-refractivity contribution in [3.63, 3.8) is 0 Å². The number of aromatic amines is 1. The molecule has 7 nitrogen and oxygen atoms in total. The summed E-state index contributed by atoms with van der Waals surface area (Å²) < 4.78 is 5.98. The quantitative estimate of drug-likeness (QED) is 0.657. The minimum Gasteiger partial charge on any atom is -0.480 e. The maximum Gasteiger partial charge on any atom is 0.263 e. The first kappa shape index (κ1) is 21.9. The second-order valence-electron chi connectivity index (χ2n) is 7.91. The van der Waals surface area contributed by atoms with Gasteiger partial charge in [0.05, 0.1) is 10.5 Å². The zero-order valence-electron chi connectivity index (χ0n) is 17.9. The monoisotopic (exact) mass is 453 g/mol. The molecule has 1 saturated heterocycles. The molecule has 0 unspecified atom stereocenters. The molecule has 3 aromatic rings. The number of amides is 2. The van der Waals surface area contributed by atoms with E-state index in [-0.39, 0.29) is 23.4 Å². The first-order chi connectivity index (χ1) is 15.3. The van der Waals surface area contributed by atoms with Gasteiger partial charge in [0.2, 0.25) is 5.56 Å². The number of ether oxygens (including phenoxy) is 1. The van der Waals surface area contributed by atoms with Crippen LogP contribution in [0, 0.1) is 0 Å². The van der Waals surface area contributed by atoms with Gasteiger partial charge in [0.1, 0.15) is 5.75 Å². The summed E-state index contributed by atoms with van der Waals surface area (Å²) in [6.45, 7) is 4.97. The highest BCUT2D eigenvalue weighted by molar-refractivity contribution is 6.35. The summed E-state index contributed by atoms with van der Waals surface area (Å²) in [6, 6.07) is 15.3. The van der Waals surface area contributed by atoms with Crippen molar-refractivity contribution in [3.8, 4) is 5.75 Å². The molecule has 1 N–H and O–H groups in total. The van der Waals surface area contributed by atoms with Gasteiger partial charge < -0.3 is 19.5 Å². The first-order valence-electron chi connectivity index (χ1n) is 10.5. The zero-order chi connectivity index (χ0) is 22.8. The van der Waals surface area contributed by atoms with E-state index in [2.05, 4.69) is 4.98 Å². The van der Waals surface area contributed by atoms with Gasteiger partial charge >= 0.3 is 0 Å². The van der Waals surface area contributed by atoms with Crippen molar-refractivity contribution in [2.45, 2.75) is 26.0 Å². The van der Waals surface area contributed by atoms with Gasteiger partial charge in [0.25, 0.3) is 11.8 Å². The van der Waals surface area contributed by atoms with Gasteiger partial charge in [-0.25, -0.2) is 0 Å². The Kier molecular flexibility index (Phi) is 6.19. The number of halogens is 1. The Hall–Kier alpha value is -3.32. The number of nitrogens with zero attached hydrogens (tertiary/aromatic N) is 2. The molecule has 0 radical (unpaired) electrons. The van der Waals surface area contributed by atoms with Crippen molar-refractivity contribution in [1.82, 2.24) is 14.8 Å². The SMILES string of the molecule is C[C@H](Oc1ccc(Cl)c2[nH]c(=O)ccc12)C(=O)N1CCN(C(=O)c2ccccc2)C[C@H]1C. The van der Waals surface area contributed by atoms with Crippen LogP contribution in [0.2, 0.25) is 5.02 Å². The van der Waals surface area contributed by atoms with Crippen molar-refractivity contribution in [1.29, 1.82) is 0 Å². The lowest BCUT2D eigenvalue weighted by Gasteiger charge is -2.40. The van der Waals surface area contributed by atoms with E-state index < -0.39 is 6.10 Å². The summed E-state index contributed by atoms with van der Waals surface area (Å²) >= 11 is 6.19. The molecule has 1 aliphatic rings. The predicted molar refractivity (Wildman–Crippen MR) is 123 cm³/mol. The third-order valence-electron chi connectivity index (χ3n) is 5.67. The van der Waals surface area contributed by atoms with Crippen molar-refractivity contribution in [3.05, 3.63) is 75.5 Å². The molecule has 0 aliphatic carbocycles. The van der Waals surface area contributed by atoms with E-state index in [4.69, 9.17) is 16.3 Å². The molecular weight excluding hydrogens is 430 g/mol. The van der Waals surface area contributed by atoms with Crippen LogP contribution in [0.5, 0.6) is 5.75 Å². The van der Waals surface area contributed by atoms with Gasteiger partial charge in [0.15, 0.2) is 6.10 Å². The highest BCUT2D eigenvalue weighted by atomic mass is 35.5. The zero-order valence-corrected chi connectivity index (χ0v) is 18.6. The molecule has 1 fully saturated rings. The third kappa shape index (κ3) is 4.34. The Labute approximate surface area is 190 Å². The number of carbonyl (C=O) groups excluding carboxylic acids is 2. The number of rotatable bonds is 4. The van der Waals surface area contributed by atoms with Crippen LogP contribution in [-0.4, -0.2) is 58.4 Å². The maximum absolute atomic E-state index is 13.1. The summed E-state index contributed by atoms with van der Waals surface area (Å²) in [5, 5.41) is 1.03. The minimum absolute atomic E-state index is 0.0320. The number of H-pyrrole nitrogens is 1. The average molecular weight is 454 g/mol. The van der Waals surface area contributed by atoms with Gasteiger partial charge in [-0.05, 0) is 44.2 Å². The molecule has 2 aromatic carbocycles. The maximum atomic E-state index is 13.1. The summed E-state index contributed by atoms with van der Waals surface area (Å²) in [7, 11) is 0. The number of aromatic nitrogens is 1. The normalized spacial score (nSPS) is 17.3. The third-order valence-corrected chi connectivity index (χ3v) is 5.99. The van der Waals surface area contributed by atoms with Gasteiger partial charge in [-0.2, -0.15) is 0 Å². The molecule has 2 amide bonds. The van der Waals surface area contributed by atoms with E-state index in [1.165, 1.54) is 6.07 Å². The first-order valence-corrected chi connectivity index (χ1v) is 10.9. The molecule has 32 heavy (non-hydrogen) atoms. The van der Waals surface area contributed by atoms with E-state index in [9.17, 15) is 14.4 Å². The van der Waals surface area contributed by atoms with Gasteiger partial charge in [-0.15, -0.1) is 0 Å². The molecular formula is C24H24ClN3O4. The molecule has 0 bridgehead atoms. The number of hydrogen-bond acceptors (Lipinski definition) is 4. The number of piperazine rings is 1. The predicted octanol–water partition coefficient (Wildman–Crippen LogP) is 3.32. The topological polar surface area (TPSA) is 82.7 Å². The molecule has 166 valence electrons. The van der Waals surface area contributed by atoms with E-state index in [0.717, 1.165) is 0 Å². The van der Waals surface area contributed by atoms with Crippen LogP contribution < -0.4 is 10.3 Å². The second-order valence-corrected chi connectivity index (χ2v) is 8.32. The molecule has 1 aromatic heterocycles. The number of hydrogen-bond donors (Lipinski definition) is 1. The fourth-order valence-electron chi connectivity index (χ4n) is 4.00.